The number of hydrogen-bond acceptors (Lipinski definition) is 9. The van der Waals surface area contributed by atoms with Gasteiger partial charge in [-0.25, -0.2) is 0 Å². The molecule has 2 aliphatic carbocycles. The number of piperidine rings is 2. The molecule has 10 heteroatoms. The van der Waals surface area contributed by atoms with Gasteiger partial charge in [0.1, 0.15) is 6.17 Å². The van der Waals surface area contributed by atoms with Gasteiger partial charge in [0, 0.05) is 43.4 Å². The molecule has 230 valence electrons. The maximum absolute atomic E-state index is 6.45. The van der Waals surface area contributed by atoms with Gasteiger partial charge in [0.05, 0.1) is 37.0 Å². The quantitative estimate of drug-likeness (QED) is 0.353. The van der Waals surface area contributed by atoms with Crippen molar-refractivity contribution in [1.29, 1.82) is 0 Å². The van der Waals surface area contributed by atoms with Gasteiger partial charge in [0.15, 0.2) is 0 Å². The average molecular weight is 588 g/mol. The average Bonchev–Trinajstić information content (AvgIpc) is 3.90. The number of rotatable bonds is 7. The van der Waals surface area contributed by atoms with E-state index in [1.165, 1.54) is 51.4 Å². The fraction of sp³-hybridized carbons (Fsp3) is 0.903. The van der Waals surface area contributed by atoms with Crippen molar-refractivity contribution in [3.8, 4) is 5.88 Å². The van der Waals surface area contributed by atoms with Crippen molar-refractivity contribution in [3.05, 3.63) is 12.3 Å². The molecule has 41 heavy (non-hydrogen) atoms. The largest absolute Gasteiger partial charge is 0.477 e. The summed E-state index contributed by atoms with van der Waals surface area (Å²) in [6.45, 7) is 9.24. The highest BCUT2D eigenvalue weighted by molar-refractivity contribution is 7.98. The van der Waals surface area contributed by atoms with Crippen LogP contribution in [0, 0.1) is 23.7 Å². The van der Waals surface area contributed by atoms with Crippen molar-refractivity contribution < 1.29 is 9.47 Å². The molecule has 6 aliphatic rings. The Hall–Kier alpha value is -0.880. The number of nitrogens with one attached hydrogen (secondary N) is 4. The second-order valence-electron chi connectivity index (χ2n) is 14.3. The summed E-state index contributed by atoms with van der Waals surface area (Å²) in [5, 5.41) is 16.9. The summed E-state index contributed by atoms with van der Waals surface area (Å²) in [6, 6.07) is 2.06. The highest BCUT2D eigenvalue weighted by Gasteiger charge is 2.47. The van der Waals surface area contributed by atoms with Gasteiger partial charge in [-0.2, -0.15) is 0 Å². The lowest BCUT2D eigenvalue weighted by molar-refractivity contribution is 0.00273. The molecule has 4 saturated heterocycles. The first-order valence-corrected chi connectivity index (χ1v) is 17.6. The molecular weight excluding hydrogens is 534 g/mol. The first-order valence-electron chi connectivity index (χ1n) is 16.7. The molecule has 0 amide bonds. The topological polar surface area (TPSA) is 87.6 Å². The summed E-state index contributed by atoms with van der Waals surface area (Å²) in [6.07, 6.45) is 17.2. The van der Waals surface area contributed by atoms with E-state index in [4.69, 9.17) is 14.6 Å². The molecule has 4 aliphatic heterocycles. The Bertz CT molecular complexity index is 989. The van der Waals surface area contributed by atoms with Crippen LogP contribution in [0.5, 0.6) is 5.88 Å². The molecule has 1 aromatic rings. The van der Waals surface area contributed by atoms with Crippen molar-refractivity contribution in [3.63, 3.8) is 0 Å². The monoisotopic (exact) mass is 587 g/mol. The molecule has 7 rings (SSSR count). The van der Waals surface area contributed by atoms with E-state index in [1.807, 2.05) is 11.9 Å². The fourth-order valence-corrected chi connectivity index (χ4v) is 9.19. The van der Waals surface area contributed by atoms with Crippen molar-refractivity contribution in [2.75, 3.05) is 32.8 Å². The molecule has 2 saturated carbocycles. The molecule has 1 aromatic heterocycles. The minimum absolute atomic E-state index is 0.0796. The van der Waals surface area contributed by atoms with Gasteiger partial charge in [0.2, 0.25) is 5.88 Å². The van der Waals surface area contributed by atoms with Crippen LogP contribution in [-0.2, 0) is 4.74 Å². The van der Waals surface area contributed by atoms with Crippen molar-refractivity contribution >= 4 is 11.9 Å². The van der Waals surface area contributed by atoms with E-state index in [9.17, 15) is 0 Å². The Balaban J connectivity index is 1.00. The number of hydrogen-bond donors (Lipinski definition) is 4. The number of ether oxygens (including phenoxy) is 2. The van der Waals surface area contributed by atoms with Crippen LogP contribution >= 0.6 is 11.9 Å². The van der Waals surface area contributed by atoms with Crippen LogP contribution in [0.4, 0.5) is 0 Å². The number of nitrogens with zero attached hydrogens (tertiary/aromatic N) is 3. The van der Waals surface area contributed by atoms with Gasteiger partial charge >= 0.3 is 0 Å². The lowest BCUT2D eigenvalue weighted by Crippen LogP contribution is -2.60. The number of fused-ring (bicyclic) bond motifs is 6. The van der Waals surface area contributed by atoms with E-state index in [1.54, 1.807) is 0 Å². The summed E-state index contributed by atoms with van der Waals surface area (Å²) < 4.78 is 18.6. The third-order valence-electron chi connectivity index (χ3n) is 10.7. The Kier molecular flexibility index (Phi) is 8.88. The van der Waals surface area contributed by atoms with Crippen LogP contribution in [0.2, 0.25) is 0 Å². The predicted octanol–water partition coefficient (Wildman–Crippen LogP) is 4.05. The van der Waals surface area contributed by atoms with Crippen LogP contribution in [0.1, 0.15) is 90.6 Å². The van der Waals surface area contributed by atoms with E-state index in [2.05, 4.69) is 56.4 Å². The van der Waals surface area contributed by atoms with Gasteiger partial charge in [-0.3, -0.25) is 30.3 Å². The molecule has 4 bridgehead atoms. The smallest absolute Gasteiger partial charge is 0.232 e. The fourth-order valence-electron chi connectivity index (χ4n) is 8.16. The van der Waals surface area contributed by atoms with Crippen LogP contribution < -0.4 is 25.4 Å². The first kappa shape index (κ1) is 28.9. The zero-order chi connectivity index (χ0) is 27.8. The minimum atomic E-state index is 0.0796. The van der Waals surface area contributed by atoms with Crippen molar-refractivity contribution in [2.24, 2.45) is 23.7 Å². The highest BCUT2D eigenvalue weighted by atomic mass is 32.2. The van der Waals surface area contributed by atoms with Gasteiger partial charge in [-0.1, -0.05) is 11.9 Å². The molecule has 0 aromatic carbocycles. The second kappa shape index (κ2) is 12.6. The van der Waals surface area contributed by atoms with Gasteiger partial charge < -0.3 is 9.47 Å². The van der Waals surface area contributed by atoms with E-state index in [0.29, 0.717) is 17.5 Å². The molecule has 4 N–H and O–H groups in total. The molecule has 5 heterocycles. The summed E-state index contributed by atoms with van der Waals surface area (Å²) in [7, 11) is 0. The summed E-state index contributed by atoms with van der Waals surface area (Å²) in [5.74, 6) is 4.15. The lowest BCUT2D eigenvalue weighted by Gasteiger charge is -2.47. The zero-order valence-electron chi connectivity index (χ0n) is 25.2. The van der Waals surface area contributed by atoms with Crippen LogP contribution in [0.25, 0.3) is 0 Å². The standard InChI is InChI=1S/C31H53N7O2S/c1-31(2)18-24-20-37(31)30-23(19-33-41-29-5-3-4-26(34-29)32-14-17-39-24)10-11-27(35-30)38-15-12-28(36-38)40-16-13-25(21-6-7-21)22-8-9-22/h12,15,21-27,29-30,32-35H,3-11,13-14,16-20H2,1-2H3. The third-order valence-corrected chi connectivity index (χ3v) is 11.7. The maximum atomic E-state index is 6.45. The van der Waals surface area contributed by atoms with E-state index in [0.717, 1.165) is 75.7 Å². The van der Waals surface area contributed by atoms with Crippen molar-refractivity contribution in [1.82, 2.24) is 35.4 Å². The first-order chi connectivity index (χ1) is 20.0. The van der Waals surface area contributed by atoms with Gasteiger partial charge in [-0.05, 0) is 102 Å². The number of aromatic nitrogens is 2. The molecule has 9 nitrogen and oxygen atoms in total. The Labute approximate surface area is 251 Å². The van der Waals surface area contributed by atoms with Crippen LogP contribution in [0.15, 0.2) is 12.3 Å². The van der Waals surface area contributed by atoms with Gasteiger partial charge in [0.25, 0.3) is 0 Å². The van der Waals surface area contributed by atoms with E-state index >= 15 is 0 Å². The normalized spacial score (nSPS) is 38.2. The molecular formula is C31H53N7O2S. The lowest BCUT2D eigenvalue weighted by atomic mass is 9.91. The molecule has 0 spiro atoms. The Morgan fingerprint density at radius 3 is 2.78 bits per heavy atom. The highest BCUT2D eigenvalue weighted by Crippen LogP contribution is 2.50. The van der Waals surface area contributed by atoms with Crippen molar-refractivity contribution in [2.45, 2.75) is 120 Å². The molecule has 7 unspecified atom stereocenters. The SMILES string of the molecule is CC1(C)CC2CN1C1NC(n3ccc(OCCC(C4CC4)C4CC4)n3)CCC1CNSC1CCCC(NCCO2)N1. The molecule has 0 radical (unpaired) electrons. The maximum Gasteiger partial charge on any atom is 0.232 e. The summed E-state index contributed by atoms with van der Waals surface area (Å²) in [4.78, 5) is 2.70. The predicted molar refractivity (Wildman–Crippen MR) is 163 cm³/mol. The summed E-state index contributed by atoms with van der Waals surface area (Å²) in [5.41, 5.74) is 0.0796. The van der Waals surface area contributed by atoms with Gasteiger partial charge in [-0.15, -0.1) is 5.10 Å². The molecule has 7 atom stereocenters. The minimum Gasteiger partial charge on any atom is -0.477 e. The van der Waals surface area contributed by atoms with E-state index < -0.39 is 0 Å². The molecule has 6 fully saturated rings. The van der Waals surface area contributed by atoms with Crippen LogP contribution in [0.3, 0.4) is 0 Å². The summed E-state index contributed by atoms with van der Waals surface area (Å²) >= 11 is 1.89. The third kappa shape index (κ3) is 7.10. The second-order valence-corrected chi connectivity index (χ2v) is 15.4. The zero-order valence-corrected chi connectivity index (χ0v) is 26.0. The Morgan fingerprint density at radius 2 is 1.95 bits per heavy atom. The van der Waals surface area contributed by atoms with E-state index in [-0.39, 0.29) is 24.0 Å². The van der Waals surface area contributed by atoms with Crippen LogP contribution in [-0.4, -0.2) is 76.9 Å². The Morgan fingerprint density at radius 1 is 1.10 bits per heavy atom.